The molecule has 1 rings (SSSR count). The number of hydrogen-bond acceptors (Lipinski definition) is 2. The first-order chi connectivity index (χ1) is 6.22. The predicted octanol–water partition coefficient (Wildman–Crippen LogP) is 1.51. The minimum Gasteiger partial charge on any atom is -0.323 e. The highest BCUT2D eigenvalue weighted by atomic mass is 16.2. The predicted molar refractivity (Wildman–Crippen MR) is 53.8 cm³/mol. The maximum Gasteiger partial charge on any atom is 0.325 e. The Balaban J connectivity index is 3.04. The Labute approximate surface area is 84.7 Å². The van der Waals surface area contributed by atoms with Crippen molar-refractivity contribution in [1.82, 2.24) is 10.2 Å². The quantitative estimate of drug-likeness (QED) is 0.649. The van der Waals surface area contributed by atoms with Crippen molar-refractivity contribution in [2.24, 2.45) is 0 Å². The Morgan fingerprint density at radius 2 is 1.86 bits per heavy atom. The summed E-state index contributed by atoms with van der Waals surface area (Å²) in [6, 6.07) is -0.285. The molecule has 4 heteroatoms. The number of nitrogens with zero attached hydrogens (tertiary/aromatic N) is 1. The summed E-state index contributed by atoms with van der Waals surface area (Å²) >= 11 is 0. The molecule has 1 saturated heterocycles. The van der Waals surface area contributed by atoms with E-state index >= 15 is 0 Å². The van der Waals surface area contributed by atoms with Gasteiger partial charge in [0.15, 0.2) is 0 Å². The summed E-state index contributed by atoms with van der Waals surface area (Å²) in [6.07, 6.45) is 0.615. The van der Waals surface area contributed by atoms with Crippen LogP contribution in [-0.2, 0) is 4.79 Å². The average molecular weight is 198 g/mol. The van der Waals surface area contributed by atoms with Gasteiger partial charge < -0.3 is 5.32 Å². The third-order valence-corrected chi connectivity index (χ3v) is 2.64. The van der Waals surface area contributed by atoms with Crippen molar-refractivity contribution < 1.29 is 9.59 Å². The van der Waals surface area contributed by atoms with Crippen molar-refractivity contribution in [3.63, 3.8) is 0 Å². The van der Waals surface area contributed by atoms with E-state index < -0.39 is 11.1 Å². The zero-order valence-corrected chi connectivity index (χ0v) is 9.47. The van der Waals surface area contributed by atoms with Gasteiger partial charge in [-0.3, -0.25) is 9.69 Å². The maximum absolute atomic E-state index is 12.0. The molecule has 1 aliphatic rings. The first-order valence-electron chi connectivity index (χ1n) is 4.89. The molecular weight excluding hydrogens is 180 g/mol. The Hall–Kier alpha value is -1.06. The Bertz CT molecular complexity index is 280. The summed E-state index contributed by atoms with van der Waals surface area (Å²) in [5.74, 6) is -0.127. The molecule has 3 amide bonds. The molecule has 4 nitrogen and oxygen atoms in total. The second-order valence-corrected chi connectivity index (χ2v) is 4.93. The molecule has 1 N–H and O–H groups in total. The first kappa shape index (κ1) is 11.0. The molecule has 0 saturated carbocycles. The van der Waals surface area contributed by atoms with Gasteiger partial charge in [0, 0.05) is 5.54 Å². The first-order valence-corrected chi connectivity index (χ1v) is 4.89. The fourth-order valence-electron chi connectivity index (χ4n) is 1.53. The number of carbonyl (C=O) groups excluding carboxylic acids is 2. The van der Waals surface area contributed by atoms with Crippen molar-refractivity contribution in [2.45, 2.75) is 52.1 Å². The molecule has 0 spiro atoms. The number of urea groups is 1. The van der Waals surface area contributed by atoms with Crippen molar-refractivity contribution >= 4 is 11.9 Å². The molecule has 1 atom stereocenters. The molecule has 1 aliphatic heterocycles. The summed E-state index contributed by atoms with van der Waals surface area (Å²) in [7, 11) is 0. The molecule has 0 aromatic heterocycles. The third kappa shape index (κ3) is 1.49. The van der Waals surface area contributed by atoms with E-state index in [-0.39, 0.29) is 11.9 Å². The van der Waals surface area contributed by atoms with E-state index in [4.69, 9.17) is 0 Å². The van der Waals surface area contributed by atoms with Gasteiger partial charge in [-0.25, -0.2) is 4.79 Å². The molecule has 80 valence electrons. The van der Waals surface area contributed by atoms with Crippen molar-refractivity contribution in [3.05, 3.63) is 0 Å². The second kappa shape index (κ2) is 2.97. The molecule has 0 aromatic rings. The van der Waals surface area contributed by atoms with Gasteiger partial charge in [0.2, 0.25) is 0 Å². The van der Waals surface area contributed by atoms with Gasteiger partial charge in [-0.05, 0) is 34.1 Å². The Morgan fingerprint density at radius 3 is 2.07 bits per heavy atom. The van der Waals surface area contributed by atoms with Crippen LogP contribution in [0.2, 0.25) is 0 Å². The Kier molecular flexibility index (Phi) is 2.34. The zero-order valence-electron chi connectivity index (χ0n) is 9.47. The summed E-state index contributed by atoms with van der Waals surface area (Å²) in [5, 5.41) is 2.72. The number of imide groups is 1. The van der Waals surface area contributed by atoms with E-state index in [1.165, 1.54) is 4.90 Å². The molecule has 0 aliphatic carbocycles. The third-order valence-electron chi connectivity index (χ3n) is 2.64. The zero-order chi connectivity index (χ0) is 11.1. The molecule has 0 aromatic carbocycles. The van der Waals surface area contributed by atoms with E-state index in [1.54, 1.807) is 6.92 Å². The summed E-state index contributed by atoms with van der Waals surface area (Å²) in [5.41, 5.74) is -1.17. The van der Waals surface area contributed by atoms with E-state index in [2.05, 4.69) is 5.32 Å². The number of amides is 3. The lowest BCUT2D eigenvalue weighted by Crippen LogP contribution is -2.48. The molecular formula is C10H18N2O2. The van der Waals surface area contributed by atoms with Crippen LogP contribution >= 0.6 is 0 Å². The van der Waals surface area contributed by atoms with Crippen LogP contribution < -0.4 is 5.32 Å². The maximum atomic E-state index is 12.0. The van der Waals surface area contributed by atoms with Crippen molar-refractivity contribution in [2.75, 3.05) is 0 Å². The van der Waals surface area contributed by atoms with Crippen LogP contribution in [0, 0.1) is 0 Å². The largest absolute Gasteiger partial charge is 0.325 e. The number of hydrogen-bond donors (Lipinski definition) is 1. The fourth-order valence-corrected chi connectivity index (χ4v) is 1.53. The summed E-state index contributed by atoms with van der Waals surface area (Å²) in [6.45, 7) is 9.22. The van der Waals surface area contributed by atoms with Crippen LogP contribution in [0.1, 0.15) is 41.0 Å². The standard InChI is InChI=1S/C10H18N2O2/c1-6-10(5)7(13)12(8(14)11-10)9(2,3)4/h6H2,1-5H3,(H,11,14). The van der Waals surface area contributed by atoms with Crippen molar-refractivity contribution in [3.8, 4) is 0 Å². The number of carbonyl (C=O) groups is 2. The van der Waals surface area contributed by atoms with Gasteiger partial charge in [0.25, 0.3) is 5.91 Å². The minimum absolute atomic E-state index is 0.127. The lowest BCUT2D eigenvalue weighted by atomic mass is 9.97. The van der Waals surface area contributed by atoms with Gasteiger partial charge in [0.1, 0.15) is 5.54 Å². The second-order valence-electron chi connectivity index (χ2n) is 4.93. The SMILES string of the molecule is CCC1(C)NC(=O)N(C(C)(C)C)C1=O. The molecule has 1 fully saturated rings. The molecule has 1 heterocycles. The van der Waals surface area contributed by atoms with E-state index in [0.29, 0.717) is 6.42 Å². The average Bonchev–Trinajstić information content (AvgIpc) is 2.22. The monoisotopic (exact) mass is 198 g/mol. The van der Waals surface area contributed by atoms with Crippen molar-refractivity contribution in [1.29, 1.82) is 0 Å². The van der Waals surface area contributed by atoms with E-state index in [1.807, 2.05) is 27.7 Å². The lowest BCUT2D eigenvalue weighted by Gasteiger charge is -2.29. The van der Waals surface area contributed by atoms with E-state index in [0.717, 1.165) is 0 Å². The van der Waals surface area contributed by atoms with Crippen LogP contribution in [-0.4, -0.2) is 27.9 Å². The summed E-state index contributed by atoms with van der Waals surface area (Å²) < 4.78 is 0. The van der Waals surface area contributed by atoms with E-state index in [9.17, 15) is 9.59 Å². The van der Waals surface area contributed by atoms with Gasteiger partial charge in [0.05, 0.1) is 0 Å². The van der Waals surface area contributed by atoms with Crippen LogP contribution in [0.4, 0.5) is 4.79 Å². The Morgan fingerprint density at radius 1 is 1.36 bits per heavy atom. The van der Waals surface area contributed by atoms with Crippen LogP contribution in [0.15, 0.2) is 0 Å². The van der Waals surface area contributed by atoms with Gasteiger partial charge in [-0.1, -0.05) is 6.92 Å². The van der Waals surface area contributed by atoms with Crippen LogP contribution in [0.25, 0.3) is 0 Å². The lowest BCUT2D eigenvalue weighted by molar-refractivity contribution is -0.134. The topological polar surface area (TPSA) is 49.4 Å². The fraction of sp³-hybridized carbons (Fsp3) is 0.800. The normalized spacial score (nSPS) is 28.2. The highest BCUT2D eigenvalue weighted by Gasteiger charge is 2.50. The van der Waals surface area contributed by atoms with Crippen LogP contribution in [0.3, 0.4) is 0 Å². The smallest absolute Gasteiger partial charge is 0.323 e. The minimum atomic E-state index is -0.718. The van der Waals surface area contributed by atoms with Gasteiger partial charge in [-0.15, -0.1) is 0 Å². The van der Waals surface area contributed by atoms with Gasteiger partial charge >= 0.3 is 6.03 Å². The highest BCUT2D eigenvalue weighted by Crippen LogP contribution is 2.27. The molecule has 0 bridgehead atoms. The number of nitrogens with one attached hydrogen (secondary N) is 1. The van der Waals surface area contributed by atoms with Crippen LogP contribution in [0.5, 0.6) is 0 Å². The molecule has 14 heavy (non-hydrogen) atoms. The summed E-state index contributed by atoms with van der Waals surface area (Å²) in [4.78, 5) is 24.9. The molecule has 0 radical (unpaired) electrons. The number of rotatable bonds is 1. The molecule has 1 unspecified atom stereocenters. The van der Waals surface area contributed by atoms with Gasteiger partial charge in [-0.2, -0.15) is 0 Å². The highest BCUT2D eigenvalue weighted by molar-refractivity contribution is 6.07.